The zero-order valence-corrected chi connectivity index (χ0v) is 12.2. The van der Waals surface area contributed by atoms with Crippen LogP contribution in [0, 0.1) is 0 Å². The van der Waals surface area contributed by atoms with E-state index in [0.29, 0.717) is 11.4 Å². The molecule has 106 valence electrons. The van der Waals surface area contributed by atoms with E-state index < -0.39 is 9.84 Å². The Labute approximate surface area is 123 Å². The van der Waals surface area contributed by atoms with Crippen LogP contribution < -0.4 is 10.5 Å². The SMILES string of the molecule is Nc1ccc(Cl)c(S(=O)(=O)CCOc2ccccc2)c1. The third kappa shape index (κ3) is 3.65. The van der Waals surface area contributed by atoms with Crippen LogP contribution in [0.15, 0.2) is 53.4 Å². The molecule has 2 aromatic rings. The molecule has 2 rings (SSSR count). The Kier molecular flexibility index (Phi) is 4.52. The van der Waals surface area contributed by atoms with Crippen LogP contribution in [0.2, 0.25) is 5.02 Å². The summed E-state index contributed by atoms with van der Waals surface area (Å²) in [6.07, 6.45) is 0. The summed E-state index contributed by atoms with van der Waals surface area (Å²) in [7, 11) is -3.52. The van der Waals surface area contributed by atoms with E-state index in [1.807, 2.05) is 18.2 Å². The zero-order chi connectivity index (χ0) is 14.6. The molecule has 0 spiro atoms. The number of halogens is 1. The number of anilines is 1. The summed E-state index contributed by atoms with van der Waals surface area (Å²) in [4.78, 5) is 0.0378. The van der Waals surface area contributed by atoms with Crippen molar-refractivity contribution in [1.82, 2.24) is 0 Å². The van der Waals surface area contributed by atoms with Gasteiger partial charge in [-0.15, -0.1) is 0 Å². The van der Waals surface area contributed by atoms with E-state index in [9.17, 15) is 8.42 Å². The summed E-state index contributed by atoms with van der Waals surface area (Å²) in [5.74, 6) is 0.465. The van der Waals surface area contributed by atoms with E-state index >= 15 is 0 Å². The summed E-state index contributed by atoms with van der Waals surface area (Å²) in [6, 6.07) is 13.4. The molecule has 6 heteroatoms. The van der Waals surface area contributed by atoms with Gasteiger partial charge in [0.25, 0.3) is 0 Å². The lowest BCUT2D eigenvalue weighted by Crippen LogP contribution is -2.15. The van der Waals surface area contributed by atoms with Gasteiger partial charge in [-0.2, -0.15) is 0 Å². The molecule has 0 saturated heterocycles. The Morgan fingerprint density at radius 1 is 1.10 bits per heavy atom. The van der Waals surface area contributed by atoms with Crippen LogP contribution in [0.4, 0.5) is 5.69 Å². The molecule has 0 aliphatic rings. The van der Waals surface area contributed by atoms with Crippen LogP contribution in [0.5, 0.6) is 5.75 Å². The molecule has 0 saturated carbocycles. The van der Waals surface area contributed by atoms with Crippen LogP contribution in [0.3, 0.4) is 0 Å². The van der Waals surface area contributed by atoms with Gasteiger partial charge in [-0.05, 0) is 30.3 Å². The third-order valence-electron chi connectivity index (χ3n) is 2.65. The lowest BCUT2D eigenvalue weighted by molar-refractivity contribution is 0.341. The topological polar surface area (TPSA) is 69.4 Å². The summed E-state index contributed by atoms with van der Waals surface area (Å²) >= 11 is 5.90. The second kappa shape index (κ2) is 6.15. The Morgan fingerprint density at radius 2 is 1.80 bits per heavy atom. The molecule has 2 N–H and O–H groups in total. The molecule has 20 heavy (non-hydrogen) atoms. The van der Waals surface area contributed by atoms with E-state index in [4.69, 9.17) is 22.1 Å². The molecule has 0 aliphatic carbocycles. The maximum absolute atomic E-state index is 12.2. The summed E-state index contributed by atoms with van der Waals surface area (Å²) in [5.41, 5.74) is 5.95. The Morgan fingerprint density at radius 3 is 2.50 bits per heavy atom. The number of sulfone groups is 1. The third-order valence-corrected chi connectivity index (χ3v) is 4.81. The van der Waals surface area contributed by atoms with Gasteiger partial charge in [0, 0.05) is 5.69 Å². The average Bonchev–Trinajstić information content (AvgIpc) is 2.42. The minimum atomic E-state index is -3.52. The fourth-order valence-corrected chi connectivity index (χ4v) is 3.33. The van der Waals surface area contributed by atoms with Crippen molar-refractivity contribution in [2.24, 2.45) is 0 Å². The van der Waals surface area contributed by atoms with Gasteiger partial charge in [0.15, 0.2) is 9.84 Å². The van der Waals surface area contributed by atoms with Crippen molar-refractivity contribution in [3.05, 3.63) is 53.6 Å². The lowest BCUT2D eigenvalue weighted by atomic mass is 10.3. The smallest absolute Gasteiger partial charge is 0.183 e. The van der Waals surface area contributed by atoms with Gasteiger partial charge in [-0.25, -0.2) is 8.42 Å². The normalized spacial score (nSPS) is 11.2. The van der Waals surface area contributed by atoms with Crippen molar-refractivity contribution >= 4 is 27.1 Å². The standard InChI is InChI=1S/C14H14ClNO3S/c15-13-7-6-11(16)10-14(13)20(17,18)9-8-19-12-4-2-1-3-5-12/h1-7,10H,8-9,16H2. The van der Waals surface area contributed by atoms with Crippen LogP contribution in [0.1, 0.15) is 0 Å². The van der Waals surface area contributed by atoms with Crippen molar-refractivity contribution < 1.29 is 13.2 Å². The van der Waals surface area contributed by atoms with Gasteiger partial charge in [0.2, 0.25) is 0 Å². The molecule has 0 aliphatic heterocycles. The highest BCUT2D eigenvalue weighted by Crippen LogP contribution is 2.24. The molecule has 0 fully saturated rings. The molecule has 0 radical (unpaired) electrons. The van der Waals surface area contributed by atoms with Crippen molar-refractivity contribution in [2.75, 3.05) is 18.1 Å². The monoisotopic (exact) mass is 311 g/mol. The number of hydrogen-bond donors (Lipinski definition) is 1. The number of nitrogen functional groups attached to an aromatic ring is 1. The van der Waals surface area contributed by atoms with Gasteiger partial charge < -0.3 is 10.5 Å². The minimum Gasteiger partial charge on any atom is -0.493 e. The number of hydrogen-bond acceptors (Lipinski definition) is 4. The fourth-order valence-electron chi connectivity index (χ4n) is 1.65. The Balaban J connectivity index is 2.06. The molecule has 0 bridgehead atoms. The van der Waals surface area contributed by atoms with Gasteiger partial charge in [-0.1, -0.05) is 29.8 Å². The molecular weight excluding hydrogens is 298 g/mol. The lowest BCUT2D eigenvalue weighted by Gasteiger charge is -2.09. The predicted molar refractivity (Wildman–Crippen MR) is 79.9 cm³/mol. The molecular formula is C14H14ClNO3S. The second-order valence-electron chi connectivity index (χ2n) is 4.17. The molecule has 0 aromatic heterocycles. The highest BCUT2D eigenvalue weighted by Gasteiger charge is 2.18. The summed E-state index contributed by atoms with van der Waals surface area (Å²) in [6.45, 7) is 0.0531. The van der Waals surface area contributed by atoms with Crippen molar-refractivity contribution in [3.8, 4) is 5.75 Å². The first-order valence-corrected chi connectivity index (χ1v) is 7.98. The van der Waals surface area contributed by atoms with Gasteiger partial charge in [0.05, 0.1) is 15.7 Å². The molecule has 0 unspecified atom stereocenters. The zero-order valence-electron chi connectivity index (χ0n) is 10.6. The first-order valence-electron chi connectivity index (χ1n) is 5.95. The highest BCUT2D eigenvalue weighted by molar-refractivity contribution is 7.91. The van der Waals surface area contributed by atoms with E-state index in [0.717, 1.165) is 0 Å². The van der Waals surface area contributed by atoms with Crippen LogP contribution in [0.25, 0.3) is 0 Å². The largest absolute Gasteiger partial charge is 0.493 e. The molecule has 0 amide bonds. The van der Waals surface area contributed by atoms with Crippen LogP contribution in [-0.4, -0.2) is 20.8 Å². The second-order valence-corrected chi connectivity index (χ2v) is 6.66. The molecule has 0 heterocycles. The molecule has 4 nitrogen and oxygen atoms in total. The molecule has 2 aromatic carbocycles. The van der Waals surface area contributed by atoms with Crippen LogP contribution >= 0.6 is 11.6 Å². The predicted octanol–water partition coefficient (Wildman–Crippen LogP) is 2.77. The van der Waals surface area contributed by atoms with Crippen molar-refractivity contribution in [2.45, 2.75) is 4.90 Å². The van der Waals surface area contributed by atoms with Gasteiger partial charge in [0.1, 0.15) is 12.4 Å². The van der Waals surface area contributed by atoms with Crippen molar-refractivity contribution in [1.29, 1.82) is 0 Å². The van der Waals surface area contributed by atoms with Crippen LogP contribution in [-0.2, 0) is 9.84 Å². The number of rotatable bonds is 5. The summed E-state index contributed by atoms with van der Waals surface area (Å²) < 4.78 is 29.7. The highest BCUT2D eigenvalue weighted by atomic mass is 35.5. The van der Waals surface area contributed by atoms with E-state index in [1.54, 1.807) is 18.2 Å². The first-order chi connectivity index (χ1) is 9.49. The van der Waals surface area contributed by atoms with E-state index in [1.165, 1.54) is 12.1 Å². The Hall–Kier alpha value is -1.72. The van der Waals surface area contributed by atoms with E-state index in [2.05, 4.69) is 0 Å². The minimum absolute atomic E-state index is 0.0378. The van der Waals surface area contributed by atoms with Gasteiger partial charge in [-0.3, -0.25) is 0 Å². The number of benzene rings is 2. The maximum atomic E-state index is 12.2. The molecule has 0 atom stereocenters. The average molecular weight is 312 g/mol. The first kappa shape index (κ1) is 14.7. The van der Waals surface area contributed by atoms with Gasteiger partial charge >= 0.3 is 0 Å². The number of nitrogens with two attached hydrogens (primary N) is 1. The Bertz CT molecular complexity index is 687. The van der Waals surface area contributed by atoms with Crippen molar-refractivity contribution in [3.63, 3.8) is 0 Å². The quantitative estimate of drug-likeness (QED) is 0.862. The fraction of sp³-hybridized carbons (Fsp3) is 0.143. The number of para-hydroxylation sites is 1. The van der Waals surface area contributed by atoms with E-state index in [-0.39, 0.29) is 22.3 Å². The summed E-state index contributed by atoms with van der Waals surface area (Å²) in [5, 5.41) is 0.166. The maximum Gasteiger partial charge on any atom is 0.183 e. The number of ether oxygens (including phenoxy) is 1.